The van der Waals surface area contributed by atoms with E-state index in [0.717, 1.165) is 43.7 Å². The zero-order valence-corrected chi connectivity index (χ0v) is 9.70. The highest BCUT2D eigenvalue weighted by Gasteiger charge is 2.14. The molecule has 1 aromatic carbocycles. The van der Waals surface area contributed by atoms with Crippen LogP contribution < -0.4 is 10.1 Å². The van der Waals surface area contributed by atoms with E-state index in [2.05, 4.69) is 5.32 Å². The van der Waals surface area contributed by atoms with Crippen LogP contribution >= 0.6 is 0 Å². The Morgan fingerprint density at radius 2 is 2.19 bits per heavy atom. The Kier molecular flexibility index (Phi) is 3.67. The molecule has 0 spiro atoms. The predicted octanol–water partition coefficient (Wildman–Crippen LogP) is 2.22. The Labute approximate surface area is 96.4 Å². The van der Waals surface area contributed by atoms with Crippen molar-refractivity contribution >= 4 is 0 Å². The smallest absolute Gasteiger partial charge is 0.126 e. The highest BCUT2D eigenvalue weighted by Crippen LogP contribution is 2.25. The van der Waals surface area contributed by atoms with Crippen LogP contribution in [0.3, 0.4) is 0 Å². The van der Waals surface area contributed by atoms with Gasteiger partial charge in [-0.1, -0.05) is 6.07 Å². The minimum Gasteiger partial charge on any atom is -0.508 e. The van der Waals surface area contributed by atoms with Gasteiger partial charge >= 0.3 is 0 Å². The first-order valence-corrected chi connectivity index (χ1v) is 5.93. The molecular formula is C13H19NO2. The quantitative estimate of drug-likeness (QED) is 0.804. The zero-order chi connectivity index (χ0) is 11.4. The summed E-state index contributed by atoms with van der Waals surface area (Å²) >= 11 is 0. The van der Waals surface area contributed by atoms with E-state index < -0.39 is 0 Å². The van der Waals surface area contributed by atoms with Gasteiger partial charge in [0.1, 0.15) is 11.5 Å². The predicted molar refractivity (Wildman–Crippen MR) is 64.0 cm³/mol. The lowest BCUT2D eigenvalue weighted by molar-refractivity contribution is 0.185. The SMILES string of the molecule is Cc1ccc(O)cc1OC1CCCNCC1. The van der Waals surface area contributed by atoms with Crippen LogP contribution in [0, 0.1) is 6.92 Å². The van der Waals surface area contributed by atoms with Gasteiger partial charge in [-0.2, -0.15) is 0 Å². The molecule has 1 atom stereocenters. The zero-order valence-electron chi connectivity index (χ0n) is 9.70. The molecule has 1 aliphatic heterocycles. The van der Waals surface area contributed by atoms with Crippen LogP contribution in [0.15, 0.2) is 18.2 Å². The molecule has 1 heterocycles. The summed E-state index contributed by atoms with van der Waals surface area (Å²) in [6, 6.07) is 5.28. The van der Waals surface area contributed by atoms with E-state index in [1.165, 1.54) is 0 Å². The van der Waals surface area contributed by atoms with Gasteiger partial charge in [0.05, 0.1) is 6.10 Å². The van der Waals surface area contributed by atoms with E-state index >= 15 is 0 Å². The molecular weight excluding hydrogens is 202 g/mol. The molecule has 0 bridgehead atoms. The average Bonchev–Trinajstić information content (AvgIpc) is 2.52. The summed E-state index contributed by atoms with van der Waals surface area (Å²) in [5.74, 6) is 1.08. The first-order chi connectivity index (χ1) is 7.75. The van der Waals surface area contributed by atoms with Crippen LogP contribution in [0.2, 0.25) is 0 Å². The standard InChI is InChI=1S/C13H19NO2/c1-10-4-5-11(15)9-13(10)16-12-3-2-7-14-8-6-12/h4-5,9,12,14-15H,2-3,6-8H2,1H3. The number of rotatable bonds is 2. The number of benzene rings is 1. The molecule has 0 radical (unpaired) electrons. The fourth-order valence-corrected chi connectivity index (χ4v) is 2.00. The normalized spacial score (nSPS) is 21.4. The molecule has 2 rings (SSSR count). The van der Waals surface area contributed by atoms with Crippen molar-refractivity contribution in [3.05, 3.63) is 23.8 Å². The summed E-state index contributed by atoms with van der Waals surface area (Å²) in [6.45, 7) is 4.10. The van der Waals surface area contributed by atoms with Gasteiger partial charge in [0.2, 0.25) is 0 Å². The topological polar surface area (TPSA) is 41.5 Å². The van der Waals surface area contributed by atoms with Crippen molar-refractivity contribution in [1.29, 1.82) is 0 Å². The number of hydrogen-bond acceptors (Lipinski definition) is 3. The number of aryl methyl sites for hydroxylation is 1. The highest BCUT2D eigenvalue weighted by atomic mass is 16.5. The second-order valence-electron chi connectivity index (χ2n) is 4.37. The summed E-state index contributed by atoms with van der Waals surface area (Å²) in [7, 11) is 0. The number of phenolic OH excluding ortho intramolecular Hbond substituents is 1. The Morgan fingerprint density at radius 3 is 3.06 bits per heavy atom. The highest BCUT2D eigenvalue weighted by molar-refractivity contribution is 5.39. The number of ether oxygens (including phenoxy) is 1. The molecule has 3 nitrogen and oxygen atoms in total. The largest absolute Gasteiger partial charge is 0.508 e. The van der Waals surface area contributed by atoms with Gasteiger partial charge in [-0.05, 0) is 50.9 Å². The molecule has 16 heavy (non-hydrogen) atoms. The number of phenols is 1. The van der Waals surface area contributed by atoms with Gasteiger partial charge in [0.25, 0.3) is 0 Å². The van der Waals surface area contributed by atoms with Crippen molar-refractivity contribution in [2.75, 3.05) is 13.1 Å². The molecule has 1 saturated heterocycles. The summed E-state index contributed by atoms with van der Waals surface area (Å²) < 4.78 is 5.95. The van der Waals surface area contributed by atoms with Crippen molar-refractivity contribution < 1.29 is 9.84 Å². The van der Waals surface area contributed by atoms with Crippen molar-refractivity contribution in [3.63, 3.8) is 0 Å². The minimum atomic E-state index is 0.271. The van der Waals surface area contributed by atoms with Crippen molar-refractivity contribution in [1.82, 2.24) is 5.32 Å². The van der Waals surface area contributed by atoms with Crippen LogP contribution in [-0.2, 0) is 0 Å². The molecule has 0 saturated carbocycles. The third kappa shape index (κ3) is 2.89. The fourth-order valence-electron chi connectivity index (χ4n) is 2.00. The monoisotopic (exact) mass is 221 g/mol. The molecule has 0 aromatic heterocycles. The molecule has 2 N–H and O–H groups in total. The van der Waals surface area contributed by atoms with Crippen molar-refractivity contribution in [2.24, 2.45) is 0 Å². The molecule has 0 aliphatic carbocycles. The van der Waals surface area contributed by atoms with Gasteiger partial charge < -0.3 is 15.2 Å². The molecule has 88 valence electrons. The van der Waals surface area contributed by atoms with Gasteiger partial charge in [0.15, 0.2) is 0 Å². The molecule has 1 aromatic rings. The molecule has 1 fully saturated rings. The Bertz CT molecular complexity index is 344. The van der Waals surface area contributed by atoms with E-state index in [1.807, 2.05) is 13.0 Å². The van der Waals surface area contributed by atoms with Gasteiger partial charge in [-0.3, -0.25) is 0 Å². The molecule has 1 aliphatic rings. The minimum absolute atomic E-state index is 0.271. The Balaban J connectivity index is 2.04. The van der Waals surface area contributed by atoms with Gasteiger partial charge in [-0.15, -0.1) is 0 Å². The maximum atomic E-state index is 9.43. The molecule has 3 heteroatoms. The summed E-state index contributed by atoms with van der Waals surface area (Å²) in [5, 5.41) is 12.8. The van der Waals surface area contributed by atoms with Crippen LogP contribution in [0.4, 0.5) is 0 Å². The van der Waals surface area contributed by atoms with Gasteiger partial charge in [0, 0.05) is 6.07 Å². The Hall–Kier alpha value is -1.22. The van der Waals surface area contributed by atoms with Gasteiger partial charge in [-0.25, -0.2) is 0 Å². The van der Waals surface area contributed by atoms with E-state index in [0.29, 0.717) is 0 Å². The molecule has 0 amide bonds. The van der Waals surface area contributed by atoms with Crippen LogP contribution in [0.1, 0.15) is 24.8 Å². The van der Waals surface area contributed by atoms with Crippen LogP contribution in [0.5, 0.6) is 11.5 Å². The lowest BCUT2D eigenvalue weighted by atomic mass is 10.1. The maximum Gasteiger partial charge on any atom is 0.126 e. The van der Waals surface area contributed by atoms with E-state index in [4.69, 9.17) is 4.74 Å². The van der Waals surface area contributed by atoms with Crippen molar-refractivity contribution in [2.45, 2.75) is 32.3 Å². The first kappa shape index (κ1) is 11.3. The second-order valence-corrected chi connectivity index (χ2v) is 4.37. The number of nitrogens with one attached hydrogen (secondary N) is 1. The maximum absolute atomic E-state index is 9.43. The number of aromatic hydroxyl groups is 1. The lowest BCUT2D eigenvalue weighted by Gasteiger charge is -2.18. The van der Waals surface area contributed by atoms with E-state index in [1.54, 1.807) is 12.1 Å². The summed E-state index contributed by atoms with van der Waals surface area (Å²) in [6.07, 6.45) is 3.55. The average molecular weight is 221 g/mol. The summed E-state index contributed by atoms with van der Waals surface area (Å²) in [5.41, 5.74) is 1.08. The summed E-state index contributed by atoms with van der Waals surface area (Å²) in [4.78, 5) is 0. The number of hydrogen-bond donors (Lipinski definition) is 2. The molecule has 1 unspecified atom stereocenters. The van der Waals surface area contributed by atoms with E-state index in [-0.39, 0.29) is 11.9 Å². The first-order valence-electron chi connectivity index (χ1n) is 5.93. The third-order valence-electron chi connectivity index (χ3n) is 2.99. The fraction of sp³-hybridized carbons (Fsp3) is 0.538. The second kappa shape index (κ2) is 5.21. The Morgan fingerprint density at radius 1 is 1.31 bits per heavy atom. The van der Waals surface area contributed by atoms with E-state index in [9.17, 15) is 5.11 Å². The van der Waals surface area contributed by atoms with Crippen molar-refractivity contribution in [3.8, 4) is 11.5 Å². The third-order valence-corrected chi connectivity index (χ3v) is 2.99. The van der Waals surface area contributed by atoms with Crippen LogP contribution in [-0.4, -0.2) is 24.3 Å². The van der Waals surface area contributed by atoms with Crippen LogP contribution in [0.25, 0.3) is 0 Å². The lowest BCUT2D eigenvalue weighted by Crippen LogP contribution is -2.19.